The minimum atomic E-state index is 0.481. The van der Waals surface area contributed by atoms with Crippen LogP contribution < -0.4 is 5.32 Å². The van der Waals surface area contributed by atoms with E-state index in [4.69, 9.17) is 0 Å². The third-order valence-electron chi connectivity index (χ3n) is 2.85. The van der Waals surface area contributed by atoms with Crippen LogP contribution in [-0.2, 0) is 0 Å². The third kappa shape index (κ3) is 1.22. The SMILES string of the molecule is C=C(C)[C@H]1CN2C(=C)[C@@H](NC)C2S1. The first-order valence-corrected chi connectivity index (χ1v) is 5.53. The molecule has 2 nitrogen and oxygen atoms in total. The molecule has 0 aromatic carbocycles. The first kappa shape index (κ1) is 9.16. The molecule has 13 heavy (non-hydrogen) atoms. The number of hydrogen-bond acceptors (Lipinski definition) is 3. The second kappa shape index (κ2) is 3.07. The van der Waals surface area contributed by atoms with Crippen LogP contribution in [0.1, 0.15) is 6.92 Å². The van der Waals surface area contributed by atoms with Crippen LogP contribution in [-0.4, -0.2) is 35.2 Å². The topological polar surface area (TPSA) is 15.3 Å². The van der Waals surface area contributed by atoms with Gasteiger partial charge in [0.1, 0.15) is 0 Å². The lowest BCUT2D eigenvalue weighted by atomic mass is 10.0. The van der Waals surface area contributed by atoms with Crippen molar-refractivity contribution in [1.82, 2.24) is 10.2 Å². The van der Waals surface area contributed by atoms with E-state index in [2.05, 4.69) is 30.3 Å². The lowest BCUT2D eigenvalue weighted by molar-refractivity contribution is 0.200. The van der Waals surface area contributed by atoms with E-state index in [1.165, 1.54) is 11.3 Å². The predicted octanol–water partition coefficient (Wildman–Crippen LogP) is 1.42. The smallest absolute Gasteiger partial charge is 0.0963 e. The first-order chi connectivity index (χ1) is 6.15. The highest BCUT2D eigenvalue weighted by molar-refractivity contribution is 8.01. The van der Waals surface area contributed by atoms with Gasteiger partial charge in [-0.15, -0.1) is 11.8 Å². The summed E-state index contributed by atoms with van der Waals surface area (Å²) in [6.07, 6.45) is 0. The Kier molecular flexibility index (Phi) is 2.16. The van der Waals surface area contributed by atoms with Crippen molar-refractivity contribution in [3.05, 3.63) is 24.4 Å². The van der Waals surface area contributed by atoms with Crippen LogP contribution in [0.5, 0.6) is 0 Å². The summed E-state index contributed by atoms with van der Waals surface area (Å²) in [6.45, 7) is 11.3. The molecule has 72 valence electrons. The summed E-state index contributed by atoms with van der Waals surface area (Å²) in [5, 5.41) is 4.48. The van der Waals surface area contributed by atoms with Crippen LogP contribution in [0.4, 0.5) is 0 Å². The molecule has 2 rings (SSSR count). The molecule has 2 saturated heterocycles. The van der Waals surface area contributed by atoms with Gasteiger partial charge < -0.3 is 10.2 Å². The van der Waals surface area contributed by atoms with E-state index < -0.39 is 0 Å². The summed E-state index contributed by atoms with van der Waals surface area (Å²) in [7, 11) is 2.00. The second-order valence-corrected chi connectivity index (χ2v) is 5.10. The third-order valence-corrected chi connectivity index (χ3v) is 4.53. The van der Waals surface area contributed by atoms with Crippen molar-refractivity contribution in [2.75, 3.05) is 13.6 Å². The minimum Gasteiger partial charge on any atom is -0.358 e. The fraction of sp³-hybridized carbons (Fsp3) is 0.600. The van der Waals surface area contributed by atoms with E-state index in [-0.39, 0.29) is 0 Å². The summed E-state index contributed by atoms with van der Waals surface area (Å²) in [5.74, 6) is 0. The molecule has 0 aromatic heterocycles. The lowest BCUT2D eigenvalue weighted by Crippen LogP contribution is -2.58. The van der Waals surface area contributed by atoms with Gasteiger partial charge in [-0.1, -0.05) is 18.7 Å². The van der Waals surface area contributed by atoms with Crippen molar-refractivity contribution < 1.29 is 0 Å². The molecule has 2 fully saturated rings. The molecule has 0 bridgehead atoms. The molecule has 1 N–H and O–H groups in total. The van der Waals surface area contributed by atoms with E-state index in [1.54, 1.807) is 0 Å². The molecule has 2 heterocycles. The van der Waals surface area contributed by atoms with Crippen LogP contribution in [0.25, 0.3) is 0 Å². The summed E-state index contributed by atoms with van der Waals surface area (Å²) in [6, 6.07) is 0.481. The van der Waals surface area contributed by atoms with Crippen molar-refractivity contribution >= 4 is 11.8 Å². The van der Waals surface area contributed by atoms with Crippen LogP contribution in [0.15, 0.2) is 24.4 Å². The Balaban J connectivity index is 2.05. The Morgan fingerprint density at radius 1 is 1.69 bits per heavy atom. The number of fused-ring (bicyclic) bond motifs is 1. The lowest BCUT2D eigenvalue weighted by Gasteiger charge is -2.46. The standard InChI is InChI=1S/C10H16N2S/c1-6(2)8-5-12-7(3)9(11-4)10(12)13-8/h8-11H,1,3,5H2,2,4H3/t8-,9-,10?/m1/s1. The Bertz CT molecular complexity index is 262. The van der Waals surface area contributed by atoms with E-state index in [9.17, 15) is 0 Å². The predicted molar refractivity (Wildman–Crippen MR) is 58.7 cm³/mol. The molecular weight excluding hydrogens is 180 g/mol. The fourth-order valence-electron chi connectivity index (χ4n) is 1.95. The van der Waals surface area contributed by atoms with Crippen molar-refractivity contribution in [2.45, 2.75) is 23.6 Å². The molecule has 0 aromatic rings. The highest BCUT2D eigenvalue weighted by Gasteiger charge is 2.48. The van der Waals surface area contributed by atoms with Crippen molar-refractivity contribution in [3.8, 4) is 0 Å². The van der Waals surface area contributed by atoms with Gasteiger partial charge in [0.05, 0.1) is 11.4 Å². The van der Waals surface area contributed by atoms with Crippen molar-refractivity contribution in [1.29, 1.82) is 0 Å². The Hall–Kier alpha value is -0.410. The normalized spacial score (nSPS) is 37.2. The average Bonchev–Trinajstić information content (AvgIpc) is 2.45. The molecule has 0 radical (unpaired) electrons. The first-order valence-electron chi connectivity index (χ1n) is 4.58. The van der Waals surface area contributed by atoms with Gasteiger partial charge in [-0.3, -0.25) is 0 Å². The highest BCUT2D eigenvalue weighted by atomic mass is 32.2. The molecule has 0 aliphatic carbocycles. The van der Waals surface area contributed by atoms with Gasteiger partial charge in [-0.05, 0) is 14.0 Å². The van der Waals surface area contributed by atoms with Crippen molar-refractivity contribution in [2.24, 2.45) is 0 Å². The Labute approximate surface area is 84.1 Å². The average molecular weight is 196 g/mol. The maximum absolute atomic E-state index is 4.07. The fourth-order valence-corrected chi connectivity index (χ4v) is 3.58. The number of thioether (sulfide) groups is 1. The Morgan fingerprint density at radius 3 is 2.92 bits per heavy atom. The van der Waals surface area contributed by atoms with Gasteiger partial charge in [0, 0.05) is 17.5 Å². The van der Waals surface area contributed by atoms with Gasteiger partial charge in [-0.2, -0.15) is 0 Å². The van der Waals surface area contributed by atoms with E-state index in [0.717, 1.165) is 6.54 Å². The van der Waals surface area contributed by atoms with Crippen molar-refractivity contribution in [3.63, 3.8) is 0 Å². The molecule has 1 unspecified atom stereocenters. The van der Waals surface area contributed by atoms with Gasteiger partial charge in [-0.25, -0.2) is 0 Å². The van der Waals surface area contributed by atoms with E-state index in [0.29, 0.717) is 16.7 Å². The highest BCUT2D eigenvalue weighted by Crippen LogP contribution is 2.46. The monoisotopic (exact) mass is 196 g/mol. The second-order valence-electron chi connectivity index (χ2n) is 3.77. The quantitative estimate of drug-likeness (QED) is 0.672. The maximum Gasteiger partial charge on any atom is 0.0963 e. The molecule has 0 saturated carbocycles. The number of rotatable bonds is 2. The Morgan fingerprint density at radius 2 is 2.38 bits per heavy atom. The summed E-state index contributed by atoms with van der Waals surface area (Å²) in [5.41, 5.74) is 2.52. The zero-order valence-electron chi connectivity index (χ0n) is 8.21. The number of likely N-dealkylation sites (N-methyl/N-ethyl adjacent to an activating group) is 1. The number of nitrogens with zero attached hydrogens (tertiary/aromatic N) is 1. The van der Waals surface area contributed by atoms with Gasteiger partial charge >= 0.3 is 0 Å². The zero-order valence-corrected chi connectivity index (χ0v) is 9.03. The van der Waals surface area contributed by atoms with Crippen LogP contribution in [0, 0.1) is 0 Å². The zero-order chi connectivity index (χ0) is 9.59. The summed E-state index contributed by atoms with van der Waals surface area (Å²) >= 11 is 2.01. The van der Waals surface area contributed by atoms with Crippen LogP contribution in [0.3, 0.4) is 0 Å². The molecule has 0 spiro atoms. The van der Waals surface area contributed by atoms with Gasteiger partial charge in [0.25, 0.3) is 0 Å². The molecule has 3 heteroatoms. The van der Waals surface area contributed by atoms with Gasteiger partial charge in [0.15, 0.2) is 0 Å². The molecule has 2 aliphatic heterocycles. The molecule has 0 amide bonds. The summed E-state index contributed by atoms with van der Waals surface area (Å²) in [4.78, 5) is 2.38. The minimum absolute atomic E-state index is 0.481. The molecule has 3 atom stereocenters. The van der Waals surface area contributed by atoms with E-state index >= 15 is 0 Å². The maximum atomic E-state index is 4.07. The number of hydrogen-bond donors (Lipinski definition) is 1. The van der Waals surface area contributed by atoms with Crippen LogP contribution >= 0.6 is 11.8 Å². The van der Waals surface area contributed by atoms with E-state index in [1.807, 2.05) is 18.8 Å². The molecular formula is C10H16N2S. The van der Waals surface area contributed by atoms with Crippen LogP contribution in [0.2, 0.25) is 0 Å². The van der Waals surface area contributed by atoms with Gasteiger partial charge in [0.2, 0.25) is 0 Å². The number of nitrogens with one attached hydrogen (secondary N) is 1. The largest absolute Gasteiger partial charge is 0.358 e. The molecule has 2 aliphatic rings. The summed E-state index contributed by atoms with van der Waals surface area (Å²) < 4.78 is 0.